The molecule has 0 saturated heterocycles. The Morgan fingerprint density at radius 3 is 3.00 bits per heavy atom. The van der Waals surface area contributed by atoms with Crippen molar-refractivity contribution in [1.82, 2.24) is 4.90 Å². The van der Waals surface area contributed by atoms with E-state index in [2.05, 4.69) is 23.3 Å². The highest BCUT2D eigenvalue weighted by molar-refractivity contribution is 7.10. The quantitative estimate of drug-likeness (QED) is 0.771. The van der Waals surface area contributed by atoms with Gasteiger partial charge >= 0.3 is 0 Å². The third-order valence-electron chi connectivity index (χ3n) is 4.31. The summed E-state index contributed by atoms with van der Waals surface area (Å²) in [5.41, 5.74) is 2.07. The first-order chi connectivity index (χ1) is 10.1. The summed E-state index contributed by atoms with van der Waals surface area (Å²) in [6.45, 7) is 5.12. The molecular formula is C17H18ClNOS. The Morgan fingerprint density at radius 1 is 1.43 bits per heavy atom. The zero-order valence-corrected chi connectivity index (χ0v) is 13.7. The van der Waals surface area contributed by atoms with Crippen LogP contribution in [0.2, 0.25) is 5.02 Å². The highest BCUT2D eigenvalue weighted by Gasteiger charge is 2.31. The molecule has 0 saturated carbocycles. The second kappa shape index (κ2) is 5.91. The van der Waals surface area contributed by atoms with Gasteiger partial charge in [0.05, 0.1) is 6.04 Å². The van der Waals surface area contributed by atoms with E-state index in [1.807, 2.05) is 30.4 Å². The van der Waals surface area contributed by atoms with Gasteiger partial charge in [-0.15, -0.1) is 11.3 Å². The van der Waals surface area contributed by atoms with Crippen molar-refractivity contribution in [3.05, 3.63) is 56.7 Å². The van der Waals surface area contributed by atoms with E-state index in [4.69, 9.17) is 11.6 Å². The van der Waals surface area contributed by atoms with Crippen molar-refractivity contribution in [2.45, 2.75) is 32.4 Å². The number of rotatable bonds is 3. The maximum absolute atomic E-state index is 12.7. The van der Waals surface area contributed by atoms with Gasteiger partial charge in [0.1, 0.15) is 0 Å². The van der Waals surface area contributed by atoms with E-state index in [0.717, 1.165) is 13.0 Å². The molecule has 3 rings (SSSR count). The smallest absolute Gasteiger partial charge is 0.179 e. The summed E-state index contributed by atoms with van der Waals surface area (Å²) in [4.78, 5) is 16.4. The van der Waals surface area contributed by atoms with Gasteiger partial charge in [0, 0.05) is 28.0 Å². The van der Waals surface area contributed by atoms with Crippen LogP contribution in [0.5, 0.6) is 0 Å². The van der Waals surface area contributed by atoms with Crippen LogP contribution in [0.4, 0.5) is 0 Å². The van der Waals surface area contributed by atoms with Crippen LogP contribution in [0, 0.1) is 0 Å². The minimum Gasteiger partial charge on any atom is -0.292 e. The van der Waals surface area contributed by atoms with Gasteiger partial charge in [0.15, 0.2) is 5.78 Å². The number of ketones is 1. The molecule has 0 amide bonds. The summed E-state index contributed by atoms with van der Waals surface area (Å²) in [6.07, 6.45) is 1.03. The summed E-state index contributed by atoms with van der Waals surface area (Å²) >= 11 is 7.82. The number of carbonyl (C=O) groups is 1. The molecule has 0 spiro atoms. The molecule has 21 heavy (non-hydrogen) atoms. The first kappa shape index (κ1) is 14.8. The van der Waals surface area contributed by atoms with E-state index in [1.165, 1.54) is 10.4 Å². The number of hydrogen-bond donors (Lipinski definition) is 0. The zero-order chi connectivity index (χ0) is 15.0. The van der Waals surface area contributed by atoms with Crippen molar-refractivity contribution in [2.24, 2.45) is 0 Å². The second-order valence-electron chi connectivity index (χ2n) is 5.51. The van der Waals surface area contributed by atoms with E-state index in [-0.39, 0.29) is 17.9 Å². The first-order valence-corrected chi connectivity index (χ1v) is 8.45. The molecule has 1 aliphatic heterocycles. The zero-order valence-electron chi connectivity index (χ0n) is 12.2. The SMILES string of the molecule is CC(C(=O)c1cccc(Cl)c1)N1CCc2sccc2C1C. The van der Waals surface area contributed by atoms with Gasteiger partial charge in [0.2, 0.25) is 0 Å². The fourth-order valence-corrected chi connectivity index (χ4v) is 4.24. The van der Waals surface area contributed by atoms with Gasteiger partial charge in [-0.05, 0) is 49.4 Å². The van der Waals surface area contributed by atoms with Crippen molar-refractivity contribution in [2.75, 3.05) is 6.54 Å². The van der Waals surface area contributed by atoms with Crippen LogP contribution in [-0.4, -0.2) is 23.3 Å². The molecule has 2 atom stereocenters. The van der Waals surface area contributed by atoms with E-state index in [1.54, 1.807) is 12.1 Å². The van der Waals surface area contributed by atoms with Gasteiger partial charge in [-0.3, -0.25) is 9.69 Å². The Morgan fingerprint density at radius 2 is 2.24 bits per heavy atom. The largest absolute Gasteiger partial charge is 0.292 e. The fourth-order valence-electron chi connectivity index (χ4n) is 3.09. The van der Waals surface area contributed by atoms with Gasteiger partial charge in [-0.2, -0.15) is 0 Å². The van der Waals surface area contributed by atoms with Gasteiger partial charge in [0.25, 0.3) is 0 Å². The van der Waals surface area contributed by atoms with E-state index in [9.17, 15) is 4.79 Å². The lowest BCUT2D eigenvalue weighted by molar-refractivity contribution is 0.0760. The predicted molar refractivity (Wildman–Crippen MR) is 88.4 cm³/mol. The second-order valence-corrected chi connectivity index (χ2v) is 6.95. The normalized spacial score (nSPS) is 20.0. The summed E-state index contributed by atoms with van der Waals surface area (Å²) in [5.74, 6) is 0.142. The molecule has 0 fully saturated rings. The number of thiophene rings is 1. The molecule has 0 aliphatic carbocycles. The minimum absolute atomic E-state index is 0.133. The van der Waals surface area contributed by atoms with Gasteiger partial charge in [-0.1, -0.05) is 23.7 Å². The van der Waals surface area contributed by atoms with Crippen molar-refractivity contribution in [3.8, 4) is 0 Å². The Bertz CT molecular complexity index is 666. The Labute approximate surface area is 134 Å². The predicted octanol–water partition coefficient (Wildman–Crippen LogP) is 4.59. The third kappa shape index (κ3) is 2.78. The summed E-state index contributed by atoms with van der Waals surface area (Å²) < 4.78 is 0. The van der Waals surface area contributed by atoms with E-state index < -0.39 is 0 Å². The summed E-state index contributed by atoms with van der Waals surface area (Å²) in [5, 5.41) is 2.76. The van der Waals surface area contributed by atoms with Crippen LogP contribution in [0.25, 0.3) is 0 Å². The summed E-state index contributed by atoms with van der Waals surface area (Å²) in [6, 6.07) is 9.57. The lowest BCUT2D eigenvalue weighted by atomic mass is 9.96. The van der Waals surface area contributed by atoms with E-state index >= 15 is 0 Å². The molecule has 0 bridgehead atoms. The lowest BCUT2D eigenvalue weighted by Crippen LogP contribution is -2.44. The van der Waals surface area contributed by atoms with Crippen LogP contribution < -0.4 is 0 Å². The number of benzene rings is 1. The van der Waals surface area contributed by atoms with Crippen molar-refractivity contribution >= 4 is 28.7 Å². The Hall–Kier alpha value is -1.16. The molecule has 1 aliphatic rings. The van der Waals surface area contributed by atoms with Crippen LogP contribution in [-0.2, 0) is 6.42 Å². The fraction of sp³-hybridized carbons (Fsp3) is 0.353. The first-order valence-electron chi connectivity index (χ1n) is 7.19. The summed E-state index contributed by atoms with van der Waals surface area (Å²) in [7, 11) is 0. The minimum atomic E-state index is -0.133. The molecule has 2 unspecified atom stereocenters. The molecule has 0 N–H and O–H groups in total. The number of Topliss-reactive ketones (excluding diaryl/α,β-unsaturated/α-hetero) is 1. The molecule has 0 radical (unpaired) electrons. The highest BCUT2D eigenvalue weighted by atomic mass is 35.5. The topological polar surface area (TPSA) is 20.3 Å². The molecule has 4 heteroatoms. The number of halogens is 1. The van der Waals surface area contributed by atoms with Crippen molar-refractivity contribution in [3.63, 3.8) is 0 Å². The van der Waals surface area contributed by atoms with Gasteiger partial charge < -0.3 is 0 Å². The number of fused-ring (bicyclic) bond motifs is 1. The lowest BCUT2D eigenvalue weighted by Gasteiger charge is -2.37. The molecule has 2 nitrogen and oxygen atoms in total. The number of nitrogens with zero attached hydrogens (tertiary/aromatic N) is 1. The maximum atomic E-state index is 12.7. The molecule has 2 heterocycles. The molecule has 1 aromatic heterocycles. The Kier molecular flexibility index (Phi) is 4.16. The number of carbonyl (C=O) groups excluding carboxylic acids is 1. The molecular weight excluding hydrogens is 302 g/mol. The Balaban J connectivity index is 1.83. The third-order valence-corrected chi connectivity index (χ3v) is 5.54. The highest BCUT2D eigenvalue weighted by Crippen LogP contribution is 2.34. The van der Waals surface area contributed by atoms with Crippen LogP contribution in [0.3, 0.4) is 0 Å². The standard InChI is InChI=1S/C17H18ClNOS/c1-11-15-7-9-21-16(15)6-8-19(11)12(2)17(20)13-4-3-5-14(18)10-13/h3-5,7,9-12H,6,8H2,1-2H3. The molecule has 1 aromatic carbocycles. The van der Waals surface area contributed by atoms with Crippen molar-refractivity contribution in [1.29, 1.82) is 0 Å². The van der Waals surface area contributed by atoms with Crippen LogP contribution in [0.15, 0.2) is 35.7 Å². The molecule has 110 valence electrons. The van der Waals surface area contributed by atoms with Crippen LogP contribution in [0.1, 0.15) is 40.7 Å². The van der Waals surface area contributed by atoms with Crippen LogP contribution >= 0.6 is 22.9 Å². The average Bonchev–Trinajstić information content (AvgIpc) is 2.95. The molecule has 2 aromatic rings. The maximum Gasteiger partial charge on any atom is 0.179 e. The van der Waals surface area contributed by atoms with Crippen molar-refractivity contribution < 1.29 is 4.79 Å². The van der Waals surface area contributed by atoms with Gasteiger partial charge in [-0.25, -0.2) is 0 Å². The average molecular weight is 320 g/mol. The number of hydrogen-bond acceptors (Lipinski definition) is 3. The van der Waals surface area contributed by atoms with E-state index in [0.29, 0.717) is 10.6 Å². The monoisotopic (exact) mass is 319 g/mol.